The predicted molar refractivity (Wildman–Crippen MR) is 95.3 cm³/mol. The van der Waals surface area contributed by atoms with Crippen molar-refractivity contribution in [2.24, 2.45) is 0 Å². The van der Waals surface area contributed by atoms with E-state index >= 15 is 0 Å². The largest absolute Gasteiger partial charge is 0.375 e. The molecule has 1 fully saturated rings. The van der Waals surface area contributed by atoms with E-state index in [1.165, 1.54) is 26.9 Å². The standard InChI is InChI=1S/C14H16IN3S.ClH/c15-12-5-2-1-4-11(12)13-6-3-7-18(13)9-10-8-17-14(16)19-10;/h1-2,4-5,8,13H,3,6-7,9H2,(H2,16,17);1H. The third-order valence-corrected chi connectivity index (χ3v) is 5.35. The fourth-order valence-corrected chi connectivity index (χ4v) is 4.17. The first kappa shape index (κ1) is 16.0. The molecule has 1 unspecified atom stereocenters. The van der Waals surface area contributed by atoms with E-state index in [1.54, 1.807) is 11.3 Å². The summed E-state index contributed by atoms with van der Waals surface area (Å²) in [5.41, 5.74) is 7.17. The fraction of sp³-hybridized carbons (Fsp3) is 0.357. The number of nitrogens with two attached hydrogens (primary N) is 1. The van der Waals surface area contributed by atoms with Gasteiger partial charge in [0.1, 0.15) is 0 Å². The van der Waals surface area contributed by atoms with Crippen LogP contribution in [0.4, 0.5) is 5.13 Å². The number of nitrogen functional groups attached to an aromatic ring is 1. The molecule has 3 rings (SSSR count). The Morgan fingerprint density at radius 3 is 2.90 bits per heavy atom. The molecule has 1 aliphatic heterocycles. The second-order valence-electron chi connectivity index (χ2n) is 4.81. The number of benzene rings is 1. The summed E-state index contributed by atoms with van der Waals surface area (Å²) in [5.74, 6) is 0. The lowest BCUT2D eigenvalue weighted by Crippen LogP contribution is -2.22. The number of hydrogen-bond donors (Lipinski definition) is 1. The number of hydrogen-bond acceptors (Lipinski definition) is 4. The van der Waals surface area contributed by atoms with Gasteiger partial charge in [0, 0.05) is 27.2 Å². The van der Waals surface area contributed by atoms with Crippen molar-refractivity contribution in [2.45, 2.75) is 25.4 Å². The molecular weight excluding hydrogens is 405 g/mol. The minimum atomic E-state index is 0. The van der Waals surface area contributed by atoms with Gasteiger partial charge in [0.25, 0.3) is 0 Å². The quantitative estimate of drug-likeness (QED) is 0.759. The zero-order valence-corrected chi connectivity index (χ0v) is 14.7. The molecule has 3 nitrogen and oxygen atoms in total. The number of rotatable bonds is 3. The molecule has 2 N–H and O–H groups in total. The van der Waals surface area contributed by atoms with Gasteiger partial charge in [-0.15, -0.1) is 23.7 Å². The Balaban J connectivity index is 0.00000147. The van der Waals surface area contributed by atoms with E-state index in [2.05, 4.69) is 56.7 Å². The van der Waals surface area contributed by atoms with Gasteiger partial charge in [-0.3, -0.25) is 4.90 Å². The lowest BCUT2D eigenvalue weighted by atomic mass is 10.0. The van der Waals surface area contributed by atoms with Crippen LogP contribution in [0.5, 0.6) is 0 Å². The summed E-state index contributed by atoms with van der Waals surface area (Å²) in [6.07, 6.45) is 4.42. The minimum absolute atomic E-state index is 0. The number of likely N-dealkylation sites (tertiary alicyclic amines) is 1. The van der Waals surface area contributed by atoms with Gasteiger partial charge < -0.3 is 5.73 Å². The number of thiazole rings is 1. The normalized spacial score (nSPS) is 18.9. The summed E-state index contributed by atoms with van der Waals surface area (Å²) in [5, 5.41) is 0.667. The van der Waals surface area contributed by atoms with E-state index < -0.39 is 0 Å². The molecule has 0 aliphatic carbocycles. The van der Waals surface area contributed by atoms with Crippen LogP contribution in [0, 0.1) is 3.57 Å². The molecule has 6 heteroatoms. The summed E-state index contributed by atoms with van der Waals surface area (Å²) in [6, 6.07) is 9.23. The number of aromatic nitrogens is 1. The Kier molecular flexibility index (Phi) is 5.65. The second kappa shape index (κ2) is 7.06. The molecule has 0 amide bonds. The third-order valence-electron chi connectivity index (χ3n) is 3.56. The van der Waals surface area contributed by atoms with Crippen LogP contribution in [-0.2, 0) is 6.54 Å². The Labute approximate surface area is 143 Å². The van der Waals surface area contributed by atoms with Gasteiger partial charge in [0.05, 0.1) is 0 Å². The molecule has 1 atom stereocenters. The monoisotopic (exact) mass is 421 g/mol. The van der Waals surface area contributed by atoms with Gasteiger partial charge in [0.2, 0.25) is 0 Å². The maximum Gasteiger partial charge on any atom is 0.180 e. The highest BCUT2D eigenvalue weighted by molar-refractivity contribution is 14.1. The van der Waals surface area contributed by atoms with Gasteiger partial charge in [-0.1, -0.05) is 18.2 Å². The SMILES string of the molecule is Cl.Nc1ncc(CN2CCCC2c2ccccc2I)s1. The first-order chi connectivity index (χ1) is 9.24. The van der Waals surface area contributed by atoms with Gasteiger partial charge in [0.15, 0.2) is 5.13 Å². The Bertz CT molecular complexity index is 575. The molecule has 108 valence electrons. The zero-order chi connectivity index (χ0) is 13.2. The van der Waals surface area contributed by atoms with Crippen LogP contribution in [0.2, 0.25) is 0 Å². The average molecular weight is 422 g/mol. The summed E-state index contributed by atoms with van der Waals surface area (Å²) in [7, 11) is 0. The molecule has 0 spiro atoms. The zero-order valence-electron chi connectivity index (χ0n) is 11.0. The predicted octanol–water partition coefficient (Wildman–Crippen LogP) is 4.09. The van der Waals surface area contributed by atoms with Gasteiger partial charge in [-0.2, -0.15) is 0 Å². The number of anilines is 1. The highest BCUT2D eigenvalue weighted by atomic mass is 127. The minimum Gasteiger partial charge on any atom is -0.375 e. The Morgan fingerprint density at radius 1 is 1.40 bits per heavy atom. The van der Waals surface area contributed by atoms with E-state index in [0.29, 0.717) is 11.2 Å². The maximum atomic E-state index is 5.71. The third kappa shape index (κ3) is 3.44. The number of nitrogens with zero attached hydrogens (tertiary/aromatic N) is 2. The van der Waals surface area contributed by atoms with E-state index in [1.807, 2.05) is 6.20 Å². The lowest BCUT2D eigenvalue weighted by molar-refractivity contribution is 0.250. The smallest absolute Gasteiger partial charge is 0.180 e. The highest BCUT2D eigenvalue weighted by Gasteiger charge is 2.27. The van der Waals surface area contributed by atoms with Crippen LogP contribution >= 0.6 is 46.3 Å². The topological polar surface area (TPSA) is 42.1 Å². The molecule has 1 saturated heterocycles. The lowest BCUT2D eigenvalue weighted by Gasteiger charge is -2.25. The van der Waals surface area contributed by atoms with E-state index in [4.69, 9.17) is 5.73 Å². The van der Waals surface area contributed by atoms with Crippen molar-refractivity contribution in [1.29, 1.82) is 0 Å². The molecule has 0 bridgehead atoms. The van der Waals surface area contributed by atoms with Crippen molar-refractivity contribution < 1.29 is 0 Å². The highest BCUT2D eigenvalue weighted by Crippen LogP contribution is 2.35. The number of halogens is 2. The van der Waals surface area contributed by atoms with Gasteiger partial charge >= 0.3 is 0 Å². The van der Waals surface area contributed by atoms with Gasteiger partial charge in [-0.25, -0.2) is 4.98 Å². The van der Waals surface area contributed by atoms with E-state index in [0.717, 1.165) is 13.1 Å². The molecule has 1 aliphatic rings. The van der Waals surface area contributed by atoms with Crippen LogP contribution in [0.3, 0.4) is 0 Å². The van der Waals surface area contributed by atoms with Crippen molar-refractivity contribution >= 4 is 51.5 Å². The summed E-state index contributed by atoms with van der Waals surface area (Å²) < 4.78 is 1.36. The molecule has 0 radical (unpaired) electrons. The van der Waals surface area contributed by atoms with Crippen LogP contribution in [-0.4, -0.2) is 16.4 Å². The first-order valence-corrected chi connectivity index (χ1v) is 8.32. The Hall–Kier alpha value is -0.370. The van der Waals surface area contributed by atoms with Crippen LogP contribution < -0.4 is 5.73 Å². The van der Waals surface area contributed by atoms with Crippen molar-refractivity contribution in [3.63, 3.8) is 0 Å². The summed E-state index contributed by atoms with van der Waals surface area (Å²) >= 11 is 4.04. The summed E-state index contributed by atoms with van der Waals surface area (Å²) in [4.78, 5) is 7.95. The average Bonchev–Trinajstić information content (AvgIpc) is 3.00. The van der Waals surface area contributed by atoms with Crippen LogP contribution in [0.25, 0.3) is 0 Å². The molecule has 2 aromatic rings. The molecular formula is C14H17ClIN3S. The van der Waals surface area contributed by atoms with Crippen molar-refractivity contribution in [1.82, 2.24) is 9.88 Å². The van der Waals surface area contributed by atoms with Crippen LogP contribution in [0.1, 0.15) is 29.3 Å². The van der Waals surface area contributed by atoms with Gasteiger partial charge in [-0.05, 0) is 53.6 Å². The Morgan fingerprint density at radius 2 is 2.20 bits per heavy atom. The van der Waals surface area contributed by atoms with Crippen LogP contribution in [0.15, 0.2) is 30.5 Å². The van der Waals surface area contributed by atoms with Crippen molar-refractivity contribution in [3.05, 3.63) is 44.5 Å². The molecule has 1 aromatic carbocycles. The maximum absolute atomic E-state index is 5.71. The van der Waals surface area contributed by atoms with E-state index in [9.17, 15) is 0 Å². The second-order valence-corrected chi connectivity index (χ2v) is 7.12. The molecule has 2 heterocycles. The molecule has 1 aromatic heterocycles. The van der Waals surface area contributed by atoms with Crippen molar-refractivity contribution in [3.8, 4) is 0 Å². The summed E-state index contributed by atoms with van der Waals surface area (Å²) in [6.45, 7) is 2.12. The molecule has 0 saturated carbocycles. The molecule has 20 heavy (non-hydrogen) atoms. The fourth-order valence-electron chi connectivity index (χ4n) is 2.71. The van der Waals surface area contributed by atoms with Crippen molar-refractivity contribution in [2.75, 3.05) is 12.3 Å². The van der Waals surface area contributed by atoms with E-state index in [-0.39, 0.29) is 12.4 Å². The first-order valence-electron chi connectivity index (χ1n) is 6.42.